The molecular formula is C14H25NO2. The van der Waals surface area contributed by atoms with E-state index in [1.165, 1.54) is 12.8 Å². The van der Waals surface area contributed by atoms with E-state index in [0.717, 1.165) is 43.9 Å². The highest BCUT2D eigenvalue weighted by molar-refractivity contribution is 5.77. The van der Waals surface area contributed by atoms with Gasteiger partial charge in [0.2, 0.25) is 0 Å². The van der Waals surface area contributed by atoms with Crippen molar-refractivity contribution in [2.24, 2.45) is 23.0 Å². The SMILES string of the molecule is CC1CCC(CN)(C(=O)OCCC2CC2)CC1. The summed E-state index contributed by atoms with van der Waals surface area (Å²) in [6, 6.07) is 0. The molecule has 0 spiro atoms. The zero-order valence-electron chi connectivity index (χ0n) is 10.9. The summed E-state index contributed by atoms with van der Waals surface area (Å²) in [5.74, 6) is 1.52. The van der Waals surface area contributed by atoms with Crippen LogP contribution in [0.2, 0.25) is 0 Å². The summed E-state index contributed by atoms with van der Waals surface area (Å²) in [5, 5.41) is 0. The summed E-state index contributed by atoms with van der Waals surface area (Å²) in [6.45, 7) is 3.29. The van der Waals surface area contributed by atoms with Crippen molar-refractivity contribution in [1.82, 2.24) is 0 Å². The highest BCUT2D eigenvalue weighted by Gasteiger charge is 2.41. The Bertz CT molecular complexity index is 265. The molecule has 2 rings (SSSR count). The van der Waals surface area contributed by atoms with Gasteiger partial charge in [0.25, 0.3) is 0 Å². The molecule has 0 aromatic heterocycles. The summed E-state index contributed by atoms with van der Waals surface area (Å²) in [6.07, 6.45) is 7.71. The number of carbonyl (C=O) groups is 1. The van der Waals surface area contributed by atoms with Crippen LogP contribution in [0.5, 0.6) is 0 Å². The lowest BCUT2D eigenvalue weighted by Crippen LogP contribution is -2.42. The normalized spacial score (nSPS) is 33.4. The Morgan fingerprint density at radius 3 is 2.47 bits per heavy atom. The largest absolute Gasteiger partial charge is 0.465 e. The summed E-state index contributed by atoms with van der Waals surface area (Å²) in [5.41, 5.74) is 5.46. The zero-order valence-corrected chi connectivity index (χ0v) is 10.9. The van der Waals surface area contributed by atoms with Crippen molar-refractivity contribution in [3.63, 3.8) is 0 Å². The fourth-order valence-corrected chi connectivity index (χ4v) is 2.68. The minimum Gasteiger partial charge on any atom is -0.465 e. The van der Waals surface area contributed by atoms with Crippen LogP contribution in [0.4, 0.5) is 0 Å². The van der Waals surface area contributed by atoms with E-state index in [-0.39, 0.29) is 11.4 Å². The molecule has 3 nitrogen and oxygen atoms in total. The van der Waals surface area contributed by atoms with Crippen molar-refractivity contribution in [2.75, 3.05) is 13.2 Å². The van der Waals surface area contributed by atoms with Gasteiger partial charge in [-0.1, -0.05) is 19.8 Å². The summed E-state index contributed by atoms with van der Waals surface area (Å²) in [7, 11) is 0. The van der Waals surface area contributed by atoms with E-state index < -0.39 is 0 Å². The number of hydrogen-bond acceptors (Lipinski definition) is 3. The lowest BCUT2D eigenvalue weighted by atomic mass is 9.71. The molecule has 3 heteroatoms. The van der Waals surface area contributed by atoms with Crippen LogP contribution in [-0.2, 0) is 9.53 Å². The number of esters is 1. The Kier molecular flexibility index (Phi) is 4.08. The van der Waals surface area contributed by atoms with Crippen molar-refractivity contribution >= 4 is 5.97 Å². The molecule has 0 aromatic carbocycles. The van der Waals surface area contributed by atoms with Gasteiger partial charge in [0, 0.05) is 6.54 Å². The van der Waals surface area contributed by atoms with Crippen LogP contribution in [0.25, 0.3) is 0 Å². The topological polar surface area (TPSA) is 52.3 Å². The first-order chi connectivity index (χ1) is 8.16. The molecule has 2 saturated carbocycles. The fourth-order valence-electron chi connectivity index (χ4n) is 2.68. The Morgan fingerprint density at radius 1 is 1.29 bits per heavy atom. The molecule has 2 aliphatic rings. The molecule has 0 heterocycles. The first-order valence-corrected chi connectivity index (χ1v) is 7.03. The predicted molar refractivity (Wildman–Crippen MR) is 67.4 cm³/mol. The van der Waals surface area contributed by atoms with Gasteiger partial charge in [0.15, 0.2) is 0 Å². The van der Waals surface area contributed by atoms with Crippen LogP contribution in [0.1, 0.15) is 51.9 Å². The van der Waals surface area contributed by atoms with Crippen LogP contribution in [-0.4, -0.2) is 19.1 Å². The Hall–Kier alpha value is -0.570. The quantitative estimate of drug-likeness (QED) is 0.750. The first kappa shape index (κ1) is 12.9. The Morgan fingerprint density at radius 2 is 1.94 bits per heavy atom. The van der Waals surface area contributed by atoms with Gasteiger partial charge < -0.3 is 10.5 Å². The van der Waals surface area contributed by atoms with Gasteiger partial charge in [-0.25, -0.2) is 0 Å². The number of carbonyl (C=O) groups excluding carboxylic acids is 1. The second kappa shape index (κ2) is 5.38. The standard InChI is InChI=1S/C14H25NO2/c1-11-4-7-14(10-15,8-5-11)13(16)17-9-6-12-2-3-12/h11-12H,2-10,15H2,1H3. The Balaban J connectivity index is 1.80. The van der Waals surface area contributed by atoms with E-state index in [2.05, 4.69) is 6.92 Å². The van der Waals surface area contributed by atoms with Gasteiger partial charge >= 0.3 is 5.97 Å². The average molecular weight is 239 g/mol. The maximum atomic E-state index is 12.2. The molecule has 0 bridgehead atoms. The van der Waals surface area contributed by atoms with Crippen LogP contribution in [0, 0.1) is 17.3 Å². The lowest BCUT2D eigenvalue weighted by Gasteiger charge is -2.36. The van der Waals surface area contributed by atoms with Crippen molar-refractivity contribution in [1.29, 1.82) is 0 Å². The summed E-state index contributed by atoms with van der Waals surface area (Å²) < 4.78 is 5.44. The highest BCUT2D eigenvalue weighted by Crippen LogP contribution is 2.39. The lowest BCUT2D eigenvalue weighted by molar-refractivity contribution is -0.158. The molecule has 2 fully saturated rings. The van der Waals surface area contributed by atoms with Crippen LogP contribution in [0.3, 0.4) is 0 Å². The van der Waals surface area contributed by atoms with E-state index in [4.69, 9.17) is 10.5 Å². The molecule has 0 saturated heterocycles. The number of rotatable bonds is 5. The second-order valence-corrected chi connectivity index (χ2v) is 6.03. The van der Waals surface area contributed by atoms with E-state index in [1.54, 1.807) is 0 Å². The van der Waals surface area contributed by atoms with Gasteiger partial charge in [-0.3, -0.25) is 4.79 Å². The minimum absolute atomic E-state index is 0.0347. The van der Waals surface area contributed by atoms with Crippen LogP contribution >= 0.6 is 0 Å². The van der Waals surface area contributed by atoms with E-state index in [9.17, 15) is 4.79 Å². The number of nitrogens with two attached hydrogens (primary N) is 1. The van der Waals surface area contributed by atoms with Crippen LogP contribution in [0.15, 0.2) is 0 Å². The van der Waals surface area contributed by atoms with Crippen molar-refractivity contribution in [3.8, 4) is 0 Å². The molecule has 0 aliphatic heterocycles. The molecule has 0 unspecified atom stereocenters. The molecule has 0 atom stereocenters. The van der Waals surface area contributed by atoms with E-state index >= 15 is 0 Å². The number of hydrogen-bond donors (Lipinski definition) is 1. The second-order valence-electron chi connectivity index (χ2n) is 6.03. The molecule has 0 radical (unpaired) electrons. The molecule has 0 aromatic rings. The fraction of sp³-hybridized carbons (Fsp3) is 0.929. The zero-order chi connectivity index (χ0) is 12.3. The van der Waals surface area contributed by atoms with Crippen molar-refractivity contribution in [2.45, 2.75) is 51.9 Å². The highest BCUT2D eigenvalue weighted by atomic mass is 16.5. The molecular weight excluding hydrogens is 214 g/mol. The molecule has 2 N–H and O–H groups in total. The first-order valence-electron chi connectivity index (χ1n) is 7.03. The monoisotopic (exact) mass is 239 g/mol. The molecule has 0 amide bonds. The minimum atomic E-state index is -0.365. The summed E-state index contributed by atoms with van der Waals surface area (Å²) in [4.78, 5) is 12.2. The average Bonchev–Trinajstić information content (AvgIpc) is 3.14. The van der Waals surface area contributed by atoms with Crippen LogP contribution < -0.4 is 5.73 Å². The molecule has 98 valence electrons. The van der Waals surface area contributed by atoms with Gasteiger partial charge in [-0.2, -0.15) is 0 Å². The summed E-state index contributed by atoms with van der Waals surface area (Å²) >= 11 is 0. The molecule has 2 aliphatic carbocycles. The Labute approximate surface area is 104 Å². The third-order valence-electron chi connectivity index (χ3n) is 4.51. The smallest absolute Gasteiger partial charge is 0.313 e. The third kappa shape index (κ3) is 3.21. The van der Waals surface area contributed by atoms with Crippen molar-refractivity contribution < 1.29 is 9.53 Å². The van der Waals surface area contributed by atoms with E-state index in [0.29, 0.717) is 13.2 Å². The van der Waals surface area contributed by atoms with Gasteiger partial charge in [-0.05, 0) is 43.9 Å². The van der Waals surface area contributed by atoms with Gasteiger partial charge in [0.1, 0.15) is 0 Å². The molecule has 17 heavy (non-hydrogen) atoms. The predicted octanol–water partition coefficient (Wildman–Crippen LogP) is 2.48. The number of ether oxygens (including phenoxy) is 1. The maximum absolute atomic E-state index is 12.2. The van der Waals surface area contributed by atoms with Crippen molar-refractivity contribution in [3.05, 3.63) is 0 Å². The maximum Gasteiger partial charge on any atom is 0.313 e. The van der Waals surface area contributed by atoms with Gasteiger partial charge in [0.05, 0.1) is 12.0 Å². The third-order valence-corrected chi connectivity index (χ3v) is 4.51. The van der Waals surface area contributed by atoms with E-state index in [1.807, 2.05) is 0 Å². The van der Waals surface area contributed by atoms with Gasteiger partial charge in [-0.15, -0.1) is 0 Å².